The van der Waals surface area contributed by atoms with Gasteiger partial charge < -0.3 is 4.90 Å². The molecule has 0 spiro atoms. The number of para-hydroxylation sites is 1. The van der Waals surface area contributed by atoms with Crippen LogP contribution in [0.25, 0.3) is 0 Å². The molecule has 1 aliphatic heterocycles. The average molecular weight is 413 g/mol. The maximum Gasteiger partial charge on any atom is 0.261 e. The van der Waals surface area contributed by atoms with Crippen molar-refractivity contribution in [3.05, 3.63) is 59.7 Å². The summed E-state index contributed by atoms with van der Waals surface area (Å²) in [5, 5.41) is 0. The van der Waals surface area contributed by atoms with Gasteiger partial charge in [-0.25, -0.2) is 8.42 Å². The number of carbonyl (C=O) groups excluding carboxylic acids is 1. The summed E-state index contributed by atoms with van der Waals surface area (Å²) in [7, 11) is -3.69. The lowest BCUT2D eigenvalue weighted by atomic mass is 9.75. The number of benzene rings is 2. The second kappa shape index (κ2) is 8.19. The molecule has 2 aromatic rings. The highest BCUT2D eigenvalue weighted by molar-refractivity contribution is 7.92. The molecule has 1 heterocycles. The summed E-state index contributed by atoms with van der Waals surface area (Å²) in [6.45, 7) is 3.49. The summed E-state index contributed by atoms with van der Waals surface area (Å²) in [6, 6.07) is 13.5. The highest BCUT2D eigenvalue weighted by Crippen LogP contribution is 2.36. The van der Waals surface area contributed by atoms with E-state index in [1.165, 1.54) is 37.8 Å². The first-order valence-electron chi connectivity index (χ1n) is 10.4. The van der Waals surface area contributed by atoms with E-state index in [0.29, 0.717) is 17.2 Å². The molecule has 1 N–H and O–H groups in total. The predicted octanol–water partition coefficient (Wildman–Crippen LogP) is 4.45. The fourth-order valence-electron chi connectivity index (χ4n) is 4.64. The Morgan fingerprint density at radius 3 is 2.38 bits per heavy atom. The molecule has 2 fully saturated rings. The van der Waals surface area contributed by atoms with Gasteiger partial charge in [-0.2, -0.15) is 0 Å². The highest BCUT2D eigenvalue weighted by atomic mass is 32.2. The number of fused-ring (bicyclic) bond motifs is 1. The molecule has 1 saturated carbocycles. The fourth-order valence-corrected chi connectivity index (χ4v) is 5.77. The number of likely N-dealkylation sites (tertiary alicyclic amines) is 1. The van der Waals surface area contributed by atoms with E-state index in [9.17, 15) is 13.2 Å². The standard InChI is InChI=1S/C23H28N2O3S/c1-17-6-2-5-9-22(17)24-29(27,28)21-12-10-19(11-13-21)23(26)25-15-14-18-7-3-4-8-20(18)16-25/h2,5-6,9-13,18,20,24H,3-4,7-8,14-16H2,1H3/t18-,20+/m1/s1. The van der Waals surface area contributed by atoms with E-state index in [-0.39, 0.29) is 10.8 Å². The van der Waals surface area contributed by atoms with Crippen molar-refractivity contribution in [2.75, 3.05) is 17.8 Å². The number of hydrogen-bond donors (Lipinski definition) is 1. The van der Waals surface area contributed by atoms with Gasteiger partial charge in [0.2, 0.25) is 0 Å². The van der Waals surface area contributed by atoms with Crippen molar-refractivity contribution in [3.63, 3.8) is 0 Å². The zero-order chi connectivity index (χ0) is 20.4. The normalized spacial score (nSPS) is 22.0. The number of carbonyl (C=O) groups is 1. The molecule has 154 valence electrons. The molecule has 0 radical (unpaired) electrons. The van der Waals surface area contributed by atoms with E-state index in [1.807, 2.05) is 24.0 Å². The maximum atomic E-state index is 12.9. The van der Waals surface area contributed by atoms with Gasteiger partial charge in [0.05, 0.1) is 10.6 Å². The Morgan fingerprint density at radius 2 is 1.66 bits per heavy atom. The van der Waals surface area contributed by atoms with Crippen molar-refractivity contribution in [1.29, 1.82) is 0 Å². The summed E-state index contributed by atoms with van der Waals surface area (Å²) in [5.41, 5.74) is 1.96. The molecular weight excluding hydrogens is 384 g/mol. The van der Waals surface area contributed by atoms with Crippen LogP contribution in [0.2, 0.25) is 0 Å². The van der Waals surface area contributed by atoms with Crippen LogP contribution in [0.4, 0.5) is 5.69 Å². The Morgan fingerprint density at radius 1 is 0.966 bits per heavy atom. The molecule has 6 heteroatoms. The number of anilines is 1. The van der Waals surface area contributed by atoms with Crippen LogP contribution in [0.15, 0.2) is 53.4 Å². The van der Waals surface area contributed by atoms with E-state index in [4.69, 9.17) is 0 Å². The van der Waals surface area contributed by atoms with Crippen LogP contribution in [-0.2, 0) is 10.0 Å². The molecular formula is C23H28N2O3S. The van der Waals surface area contributed by atoms with Gasteiger partial charge >= 0.3 is 0 Å². The van der Waals surface area contributed by atoms with Crippen LogP contribution >= 0.6 is 0 Å². The zero-order valence-electron chi connectivity index (χ0n) is 16.8. The van der Waals surface area contributed by atoms with Crippen molar-refractivity contribution in [1.82, 2.24) is 4.90 Å². The molecule has 0 aromatic heterocycles. The summed E-state index contributed by atoms with van der Waals surface area (Å²) in [5.74, 6) is 1.40. The second-order valence-corrected chi connectivity index (χ2v) is 9.97. The first-order chi connectivity index (χ1) is 13.9. The van der Waals surface area contributed by atoms with E-state index in [2.05, 4.69) is 4.72 Å². The molecule has 5 nitrogen and oxygen atoms in total. The van der Waals surface area contributed by atoms with Crippen molar-refractivity contribution in [3.8, 4) is 0 Å². The van der Waals surface area contributed by atoms with Gasteiger partial charge in [0.1, 0.15) is 0 Å². The van der Waals surface area contributed by atoms with Crippen LogP contribution in [-0.4, -0.2) is 32.3 Å². The minimum absolute atomic E-state index is 0.00448. The Hall–Kier alpha value is -2.34. The van der Waals surface area contributed by atoms with Crippen LogP contribution < -0.4 is 4.72 Å². The first-order valence-corrected chi connectivity index (χ1v) is 11.9. The van der Waals surface area contributed by atoms with Crippen molar-refractivity contribution in [2.45, 2.75) is 43.9 Å². The van der Waals surface area contributed by atoms with Gasteiger partial charge in [-0.3, -0.25) is 9.52 Å². The Bertz CT molecular complexity index is 985. The maximum absolute atomic E-state index is 12.9. The Kier molecular flexibility index (Phi) is 5.63. The quantitative estimate of drug-likeness (QED) is 0.807. The fraction of sp³-hybridized carbons (Fsp3) is 0.435. The molecule has 29 heavy (non-hydrogen) atoms. The third kappa shape index (κ3) is 4.32. The van der Waals surface area contributed by atoms with Crippen molar-refractivity contribution >= 4 is 21.6 Å². The van der Waals surface area contributed by atoms with Crippen molar-refractivity contribution < 1.29 is 13.2 Å². The minimum Gasteiger partial charge on any atom is -0.338 e. The molecule has 1 saturated heterocycles. The van der Waals surface area contributed by atoms with Gasteiger partial charge in [-0.15, -0.1) is 0 Å². The van der Waals surface area contributed by atoms with Crippen LogP contribution in [0.5, 0.6) is 0 Å². The third-order valence-corrected chi connectivity index (χ3v) is 7.76. The number of rotatable bonds is 4. The second-order valence-electron chi connectivity index (χ2n) is 8.29. The third-order valence-electron chi connectivity index (χ3n) is 6.38. The number of sulfonamides is 1. The van der Waals surface area contributed by atoms with E-state index in [1.54, 1.807) is 24.3 Å². The lowest BCUT2D eigenvalue weighted by molar-refractivity contribution is 0.0521. The molecule has 4 rings (SSSR count). The summed E-state index contributed by atoms with van der Waals surface area (Å²) >= 11 is 0. The minimum atomic E-state index is -3.69. The topological polar surface area (TPSA) is 66.5 Å². The van der Waals surface area contributed by atoms with Gasteiger partial charge in [0.25, 0.3) is 15.9 Å². The lowest BCUT2D eigenvalue weighted by Crippen LogP contribution is -2.44. The molecule has 1 amide bonds. The predicted molar refractivity (Wildman–Crippen MR) is 114 cm³/mol. The zero-order valence-corrected chi connectivity index (χ0v) is 17.6. The number of nitrogens with one attached hydrogen (secondary N) is 1. The Balaban J connectivity index is 1.46. The molecule has 0 unspecified atom stereocenters. The van der Waals surface area contributed by atoms with Gasteiger partial charge in [-0.1, -0.05) is 37.5 Å². The molecule has 2 atom stereocenters. The number of amides is 1. The summed E-state index contributed by atoms with van der Waals surface area (Å²) in [4.78, 5) is 15.0. The number of hydrogen-bond acceptors (Lipinski definition) is 3. The molecule has 2 aromatic carbocycles. The van der Waals surface area contributed by atoms with Gasteiger partial charge in [0.15, 0.2) is 0 Å². The summed E-state index contributed by atoms with van der Waals surface area (Å²) < 4.78 is 28.0. The van der Waals surface area contributed by atoms with Crippen LogP contribution in [0.3, 0.4) is 0 Å². The molecule has 0 bridgehead atoms. The molecule has 2 aliphatic rings. The monoisotopic (exact) mass is 412 g/mol. The SMILES string of the molecule is Cc1ccccc1NS(=O)(=O)c1ccc(C(=O)N2CC[C@H]3CCCC[C@H]3C2)cc1. The number of aryl methyl sites for hydroxylation is 1. The van der Waals surface area contributed by atoms with E-state index in [0.717, 1.165) is 31.0 Å². The van der Waals surface area contributed by atoms with E-state index >= 15 is 0 Å². The number of piperidine rings is 1. The van der Waals surface area contributed by atoms with Gasteiger partial charge in [0, 0.05) is 18.7 Å². The van der Waals surface area contributed by atoms with Gasteiger partial charge in [-0.05, 0) is 67.5 Å². The van der Waals surface area contributed by atoms with E-state index < -0.39 is 10.0 Å². The molecule has 1 aliphatic carbocycles. The smallest absolute Gasteiger partial charge is 0.261 e. The average Bonchev–Trinajstić information content (AvgIpc) is 2.74. The Labute approximate surface area is 173 Å². The highest BCUT2D eigenvalue weighted by Gasteiger charge is 2.33. The lowest BCUT2D eigenvalue weighted by Gasteiger charge is -2.41. The summed E-state index contributed by atoms with van der Waals surface area (Å²) in [6.07, 6.45) is 6.19. The van der Waals surface area contributed by atoms with Crippen molar-refractivity contribution in [2.24, 2.45) is 11.8 Å². The largest absolute Gasteiger partial charge is 0.338 e. The van der Waals surface area contributed by atoms with Crippen LogP contribution in [0, 0.1) is 18.8 Å². The number of nitrogens with zero attached hydrogens (tertiary/aromatic N) is 1. The first kappa shape index (κ1) is 20.0. The van der Waals surface area contributed by atoms with Crippen LogP contribution in [0.1, 0.15) is 48.0 Å².